The highest BCUT2D eigenvalue weighted by molar-refractivity contribution is 5.69. The molecule has 0 radical (unpaired) electrons. The molecular weight excluding hydrogens is 520 g/mol. The molecule has 1 unspecified atom stereocenters. The fraction of sp³-hybridized carbons (Fsp3) is 0.947. The van der Waals surface area contributed by atoms with Crippen LogP contribution in [0.3, 0.4) is 0 Å². The lowest BCUT2D eigenvalue weighted by molar-refractivity contribution is -0.142. The second kappa shape index (κ2) is 34.4. The molecule has 0 rings (SSSR count). The second-order valence-electron chi connectivity index (χ2n) is 13.9. The van der Waals surface area contributed by atoms with Crippen LogP contribution in [0.4, 0.5) is 0 Å². The molecule has 0 amide bonds. The molecular formula is C38H76O4. The highest BCUT2D eigenvalue weighted by Gasteiger charge is 2.13. The number of rotatable bonds is 31. The van der Waals surface area contributed by atoms with Crippen LogP contribution in [-0.4, -0.2) is 22.2 Å². The molecule has 0 aliphatic heterocycles. The summed E-state index contributed by atoms with van der Waals surface area (Å²) in [5.41, 5.74) is 0. The largest absolute Gasteiger partial charge is 0.481 e. The average Bonchev–Trinajstić information content (AvgIpc) is 2.93. The summed E-state index contributed by atoms with van der Waals surface area (Å²) in [6.07, 6.45) is 35.1. The first-order valence-electron chi connectivity index (χ1n) is 18.6. The number of hydrogen-bond acceptors (Lipinski definition) is 2. The molecule has 0 fully saturated rings. The predicted molar refractivity (Wildman–Crippen MR) is 183 cm³/mol. The third kappa shape index (κ3) is 38.9. The van der Waals surface area contributed by atoms with Crippen LogP contribution in [0.25, 0.3) is 0 Å². The van der Waals surface area contributed by atoms with E-state index in [0.29, 0.717) is 6.42 Å². The average molecular weight is 597 g/mol. The number of carbonyl (C=O) groups is 2. The molecule has 0 aliphatic rings. The quantitative estimate of drug-likeness (QED) is 0.0780. The van der Waals surface area contributed by atoms with Gasteiger partial charge in [-0.05, 0) is 31.1 Å². The normalized spacial score (nSPS) is 12.0. The number of carboxylic acids is 2. The van der Waals surface area contributed by atoms with Gasteiger partial charge in [0, 0.05) is 6.42 Å². The lowest BCUT2D eigenvalue weighted by atomic mass is 9.98. The summed E-state index contributed by atoms with van der Waals surface area (Å²) >= 11 is 0. The lowest BCUT2D eigenvalue weighted by Gasteiger charge is -2.08. The lowest BCUT2D eigenvalue weighted by Crippen LogP contribution is -2.12. The maximum Gasteiger partial charge on any atom is 0.306 e. The third-order valence-electron chi connectivity index (χ3n) is 8.60. The molecule has 0 aliphatic carbocycles. The van der Waals surface area contributed by atoms with Gasteiger partial charge >= 0.3 is 11.9 Å². The molecule has 2 N–H and O–H groups in total. The van der Waals surface area contributed by atoms with E-state index in [1.807, 2.05) is 6.92 Å². The Labute approximate surface area is 263 Å². The van der Waals surface area contributed by atoms with Crippen molar-refractivity contribution in [1.82, 2.24) is 0 Å². The van der Waals surface area contributed by atoms with E-state index in [9.17, 15) is 9.59 Å². The summed E-state index contributed by atoms with van der Waals surface area (Å²) < 4.78 is 0. The maximum absolute atomic E-state index is 10.9. The van der Waals surface area contributed by atoms with Gasteiger partial charge in [0.15, 0.2) is 0 Å². The molecule has 0 aromatic heterocycles. The zero-order chi connectivity index (χ0) is 31.7. The summed E-state index contributed by atoms with van der Waals surface area (Å²) in [6, 6.07) is 0. The van der Waals surface area contributed by atoms with Gasteiger partial charge in [-0.25, -0.2) is 0 Å². The summed E-state index contributed by atoms with van der Waals surface area (Å²) in [5, 5.41) is 17.5. The minimum atomic E-state index is -0.654. The van der Waals surface area contributed by atoms with E-state index in [4.69, 9.17) is 10.2 Å². The van der Waals surface area contributed by atoms with E-state index in [1.54, 1.807) is 0 Å². The van der Waals surface area contributed by atoms with Crippen LogP contribution in [0, 0.1) is 17.8 Å². The fourth-order valence-corrected chi connectivity index (χ4v) is 5.63. The number of hydrogen-bond donors (Lipinski definition) is 2. The second-order valence-corrected chi connectivity index (χ2v) is 13.9. The topological polar surface area (TPSA) is 74.6 Å². The van der Waals surface area contributed by atoms with E-state index >= 15 is 0 Å². The predicted octanol–water partition coefficient (Wildman–Crippen LogP) is 13.0. The summed E-state index contributed by atoms with van der Waals surface area (Å²) in [7, 11) is 0. The molecule has 0 heterocycles. The van der Waals surface area contributed by atoms with Crippen LogP contribution < -0.4 is 0 Å². The molecule has 0 aromatic rings. The monoisotopic (exact) mass is 597 g/mol. The Morgan fingerprint density at radius 1 is 0.429 bits per heavy atom. The first kappa shape index (κ1) is 43.1. The molecule has 252 valence electrons. The van der Waals surface area contributed by atoms with Gasteiger partial charge in [-0.15, -0.1) is 0 Å². The Balaban J connectivity index is 0. The number of carboxylic acid groups (broad SMARTS) is 2. The third-order valence-corrected chi connectivity index (χ3v) is 8.60. The first-order chi connectivity index (χ1) is 20.2. The van der Waals surface area contributed by atoms with Crippen molar-refractivity contribution in [3.05, 3.63) is 0 Å². The van der Waals surface area contributed by atoms with Gasteiger partial charge in [-0.2, -0.15) is 0 Å². The van der Waals surface area contributed by atoms with Gasteiger partial charge < -0.3 is 10.2 Å². The van der Waals surface area contributed by atoms with Gasteiger partial charge in [0.2, 0.25) is 0 Å². The van der Waals surface area contributed by atoms with Gasteiger partial charge in [0.1, 0.15) is 0 Å². The molecule has 0 aromatic carbocycles. The highest BCUT2D eigenvalue weighted by atomic mass is 16.4. The molecule has 42 heavy (non-hydrogen) atoms. The van der Waals surface area contributed by atoms with Crippen LogP contribution in [0.15, 0.2) is 0 Å². The maximum atomic E-state index is 10.9. The van der Waals surface area contributed by atoms with E-state index < -0.39 is 11.9 Å². The standard InChI is InChI=1S/C20H40O2.C18H36O2/c1-4-19(20(21)22)17-15-13-11-9-7-5-6-8-10-12-14-16-18(2)3;1-17(2)15-13-11-9-7-5-3-4-6-8-10-12-14-16-18(19)20/h18-19H,4-17H2,1-3H3,(H,21,22);17H,3-16H2,1-2H3,(H,19,20). The first-order valence-corrected chi connectivity index (χ1v) is 18.6. The summed E-state index contributed by atoms with van der Waals surface area (Å²) in [6.45, 7) is 11.2. The van der Waals surface area contributed by atoms with Crippen LogP contribution in [0.5, 0.6) is 0 Å². The highest BCUT2D eigenvalue weighted by Crippen LogP contribution is 2.17. The Kier molecular flexibility index (Phi) is 35.3. The van der Waals surface area contributed by atoms with Gasteiger partial charge in [0.05, 0.1) is 5.92 Å². The van der Waals surface area contributed by atoms with Crippen molar-refractivity contribution in [2.45, 2.75) is 214 Å². The smallest absolute Gasteiger partial charge is 0.306 e. The van der Waals surface area contributed by atoms with Gasteiger partial charge in [-0.3, -0.25) is 9.59 Å². The van der Waals surface area contributed by atoms with Crippen LogP contribution in [0.1, 0.15) is 214 Å². The van der Waals surface area contributed by atoms with Crippen molar-refractivity contribution in [1.29, 1.82) is 0 Å². The summed E-state index contributed by atoms with van der Waals surface area (Å²) in [5.74, 6) is 0.346. The van der Waals surface area contributed by atoms with Crippen molar-refractivity contribution in [2.75, 3.05) is 0 Å². The Morgan fingerprint density at radius 2 is 0.690 bits per heavy atom. The van der Waals surface area contributed by atoms with Gasteiger partial charge in [0.25, 0.3) is 0 Å². The van der Waals surface area contributed by atoms with Crippen molar-refractivity contribution in [3.63, 3.8) is 0 Å². The molecule has 0 saturated carbocycles. The fourth-order valence-electron chi connectivity index (χ4n) is 5.63. The molecule has 1 atom stereocenters. The van der Waals surface area contributed by atoms with E-state index in [2.05, 4.69) is 27.7 Å². The van der Waals surface area contributed by atoms with Crippen molar-refractivity contribution in [2.24, 2.45) is 17.8 Å². The Morgan fingerprint density at radius 3 is 0.929 bits per heavy atom. The molecule has 4 nitrogen and oxygen atoms in total. The van der Waals surface area contributed by atoms with Gasteiger partial charge in [-0.1, -0.05) is 189 Å². The minimum absolute atomic E-state index is 0.115. The minimum Gasteiger partial charge on any atom is -0.481 e. The van der Waals surface area contributed by atoms with Crippen molar-refractivity contribution >= 4 is 11.9 Å². The van der Waals surface area contributed by atoms with Crippen LogP contribution in [0.2, 0.25) is 0 Å². The number of aliphatic carboxylic acids is 2. The molecule has 4 heteroatoms. The van der Waals surface area contributed by atoms with Crippen LogP contribution >= 0.6 is 0 Å². The van der Waals surface area contributed by atoms with Crippen molar-refractivity contribution < 1.29 is 19.8 Å². The zero-order valence-electron chi connectivity index (χ0n) is 29.2. The summed E-state index contributed by atoms with van der Waals surface area (Å²) in [4.78, 5) is 21.2. The molecule has 0 bridgehead atoms. The number of unbranched alkanes of at least 4 members (excludes halogenated alkanes) is 21. The van der Waals surface area contributed by atoms with Crippen molar-refractivity contribution in [3.8, 4) is 0 Å². The molecule has 0 saturated heterocycles. The zero-order valence-corrected chi connectivity index (χ0v) is 29.2. The molecule has 0 spiro atoms. The SMILES string of the molecule is CC(C)CCCCCCCCCCCCCCC(=O)O.CCC(CCCCCCCCCCCCCC(C)C)C(=O)O. The van der Waals surface area contributed by atoms with E-state index in [1.165, 1.54) is 141 Å². The Hall–Kier alpha value is -1.06. The van der Waals surface area contributed by atoms with E-state index in [0.717, 1.165) is 43.9 Å². The van der Waals surface area contributed by atoms with Crippen LogP contribution in [-0.2, 0) is 9.59 Å². The Bertz CT molecular complexity index is 557. The van der Waals surface area contributed by atoms with E-state index in [-0.39, 0.29) is 5.92 Å².